The van der Waals surface area contributed by atoms with E-state index < -0.39 is 22.7 Å². The topological polar surface area (TPSA) is 105 Å². The van der Waals surface area contributed by atoms with Gasteiger partial charge in [-0.1, -0.05) is 48.5 Å². The molecule has 4 rings (SSSR count). The fourth-order valence-electron chi connectivity index (χ4n) is 4.58. The average molecular weight is 546 g/mol. The lowest BCUT2D eigenvalue weighted by Crippen LogP contribution is -2.18. The van der Waals surface area contributed by atoms with Gasteiger partial charge in [0, 0.05) is 12.0 Å². The van der Waals surface area contributed by atoms with E-state index in [0.29, 0.717) is 41.0 Å². The molecule has 1 unspecified atom stereocenters. The van der Waals surface area contributed by atoms with Crippen molar-refractivity contribution in [2.24, 2.45) is 5.14 Å². The van der Waals surface area contributed by atoms with E-state index in [1.807, 2.05) is 24.3 Å². The molecule has 202 valence electrons. The zero-order chi connectivity index (χ0) is 27.3. The molecular formula is C28H29F2NO6S. The molecule has 0 fully saturated rings. The molecule has 0 saturated heterocycles. The predicted molar refractivity (Wildman–Crippen MR) is 138 cm³/mol. The SMILES string of the molecule is CCOC(=O)CCCCc1ccc(C2Oc3cccc(OC(F)F)c3-c3ccc(CS(N)(=O)=O)cc32)cc1. The van der Waals surface area contributed by atoms with E-state index in [1.54, 1.807) is 37.3 Å². The fourth-order valence-corrected chi connectivity index (χ4v) is 5.22. The maximum absolute atomic E-state index is 13.1. The monoisotopic (exact) mass is 545 g/mol. The third kappa shape index (κ3) is 6.87. The molecule has 0 amide bonds. The molecular weight excluding hydrogens is 516 g/mol. The second kappa shape index (κ2) is 11.9. The number of carbonyl (C=O) groups is 1. The number of ether oxygens (including phenoxy) is 3. The molecule has 38 heavy (non-hydrogen) atoms. The maximum Gasteiger partial charge on any atom is 0.387 e. The molecule has 0 bridgehead atoms. The van der Waals surface area contributed by atoms with Gasteiger partial charge in [0.05, 0.1) is 17.9 Å². The molecule has 0 spiro atoms. The minimum absolute atomic E-state index is 0.0328. The van der Waals surface area contributed by atoms with Crippen LogP contribution in [0.4, 0.5) is 8.78 Å². The zero-order valence-electron chi connectivity index (χ0n) is 20.9. The summed E-state index contributed by atoms with van der Waals surface area (Å²) in [6.45, 7) is -0.862. The lowest BCUT2D eigenvalue weighted by molar-refractivity contribution is -0.143. The van der Waals surface area contributed by atoms with E-state index in [2.05, 4.69) is 0 Å². The van der Waals surface area contributed by atoms with Crippen molar-refractivity contribution in [2.45, 2.75) is 51.1 Å². The smallest absolute Gasteiger partial charge is 0.387 e. The van der Waals surface area contributed by atoms with Crippen molar-refractivity contribution in [3.63, 3.8) is 0 Å². The lowest BCUT2D eigenvalue weighted by Gasteiger charge is -2.31. The number of primary sulfonamides is 1. The summed E-state index contributed by atoms with van der Waals surface area (Å²) in [5, 5.41) is 5.25. The van der Waals surface area contributed by atoms with Crippen LogP contribution < -0.4 is 14.6 Å². The molecule has 3 aromatic rings. The first-order chi connectivity index (χ1) is 18.1. The number of carbonyl (C=O) groups excluding carboxylic acids is 1. The van der Waals surface area contributed by atoms with Crippen LogP contribution in [0.5, 0.6) is 11.5 Å². The van der Waals surface area contributed by atoms with Crippen molar-refractivity contribution in [3.8, 4) is 22.6 Å². The van der Waals surface area contributed by atoms with Crippen LogP contribution >= 0.6 is 0 Å². The van der Waals surface area contributed by atoms with Crippen LogP contribution in [-0.2, 0) is 31.7 Å². The van der Waals surface area contributed by atoms with Gasteiger partial charge in [-0.05, 0) is 60.6 Å². The number of aryl methyl sites for hydroxylation is 1. The number of alkyl halides is 2. The molecule has 0 aliphatic carbocycles. The summed E-state index contributed by atoms with van der Waals surface area (Å²) in [4.78, 5) is 11.5. The molecule has 1 aliphatic heterocycles. The van der Waals surface area contributed by atoms with Crippen LogP contribution in [0, 0.1) is 0 Å². The molecule has 0 aromatic heterocycles. The number of rotatable bonds is 11. The molecule has 1 aliphatic rings. The van der Waals surface area contributed by atoms with Crippen molar-refractivity contribution in [3.05, 3.63) is 82.9 Å². The van der Waals surface area contributed by atoms with E-state index in [9.17, 15) is 22.0 Å². The number of unbranched alkanes of at least 4 members (excludes halogenated alkanes) is 1. The van der Waals surface area contributed by atoms with Gasteiger partial charge in [0.25, 0.3) is 0 Å². The molecule has 10 heteroatoms. The maximum atomic E-state index is 13.1. The number of benzene rings is 3. The van der Waals surface area contributed by atoms with Crippen molar-refractivity contribution < 1.29 is 36.2 Å². The van der Waals surface area contributed by atoms with Crippen LogP contribution in [-0.4, -0.2) is 27.6 Å². The van der Waals surface area contributed by atoms with Crippen molar-refractivity contribution in [1.82, 2.24) is 0 Å². The molecule has 0 radical (unpaired) electrons. The number of hydrogen-bond donors (Lipinski definition) is 1. The van der Waals surface area contributed by atoms with E-state index in [0.717, 1.165) is 30.4 Å². The summed E-state index contributed by atoms with van der Waals surface area (Å²) in [5.41, 5.74) is 3.94. The van der Waals surface area contributed by atoms with Crippen LogP contribution in [0.25, 0.3) is 11.1 Å². The van der Waals surface area contributed by atoms with Gasteiger partial charge in [0.2, 0.25) is 10.0 Å². The highest BCUT2D eigenvalue weighted by molar-refractivity contribution is 7.88. The van der Waals surface area contributed by atoms with Crippen molar-refractivity contribution in [2.75, 3.05) is 6.61 Å². The van der Waals surface area contributed by atoms with Crippen molar-refractivity contribution >= 4 is 16.0 Å². The van der Waals surface area contributed by atoms with Gasteiger partial charge in [0.1, 0.15) is 17.6 Å². The summed E-state index contributed by atoms with van der Waals surface area (Å²) >= 11 is 0. The van der Waals surface area contributed by atoms with E-state index in [4.69, 9.17) is 19.3 Å². The summed E-state index contributed by atoms with van der Waals surface area (Å²) in [6, 6.07) is 17.5. The minimum Gasteiger partial charge on any atom is -0.480 e. The van der Waals surface area contributed by atoms with Gasteiger partial charge in [-0.3, -0.25) is 4.79 Å². The number of hydrogen-bond acceptors (Lipinski definition) is 6. The standard InChI is InChI=1S/C28H29F2NO6S/c1-2-35-25(32)9-4-3-6-18-10-13-20(14-11-18)27-22-16-19(17-38(31,33)34)12-15-21(22)26-23(36-27)7-5-8-24(26)37-28(29)30/h5,7-8,10-16,27-28H,2-4,6,9,17H2,1H3,(H2,31,33,34). The molecule has 1 atom stereocenters. The van der Waals surface area contributed by atoms with E-state index >= 15 is 0 Å². The molecule has 7 nitrogen and oxygen atoms in total. The molecule has 2 N–H and O–H groups in total. The van der Waals surface area contributed by atoms with E-state index in [-0.39, 0.29) is 17.5 Å². The Morgan fingerprint density at radius 3 is 2.47 bits per heavy atom. The number of nitrogens with two attached hydrogens (primary N) is 1. The van der Waals surface area contributed by atoms with E-state index in [1.165, 1.54) is 6.07 Å². The van der Waals surface area contributed by atoms with Crippen LogP contribution in [0.3, 0.4) is 0 Å². The van der Waals surface area contributed by atoms with Gasteiger partial charge in [0.15, 0.2) is 0 Å². The third-order valence-corrected chi connectivity index (χ3v) is 6.90. The summed E-state index contributed by atoms with van der Waals surface area (Å²) in [6.07, 6.45) is 2.12. The Morgan fingerprint density at radius 2 is 1.79 bits per heavy atom. The molecule has 0 saturated carbocycles. The first-order valence-corrected chi connectivity index (χ1v) is 14.0. The molecule has 1 heterocycles. The quantitative estimate of drug-likeness (QED) is 0.252. The summed E-state index contributed by atoms with van der Waals surface area (Å²) in [5.74, 6) is -0.225. The van der Waals surface area contributed by atoms with Gasteiger partial charge in [-0.25, -0.2) is 13.6 Å². The highest BCUT2D eigenvalue weighted by Crippen LogP contribution is 2.49. The van der Waals surface area contributed by atoms with Crippen LogP contribution in [0.2, 0.25) is 0 Å². The Kier molecular flexibility index (Phi) is 8.63. The normalized spacial score (nSPS) is 14.4. The fraction of sp³-hybridized carbons (Fsp3) is 0.321. The summed E-state index contributed by atoms with van der Waals surface area (Å²) in [7, 11) is -3.79. The summed E-state index contributed by atoms with van der Waals surface area (Å²) < 4.78 is 65.7. The van der Waals surface area contributed by atoms with Crippen LogP contribution in [0.15, 0.2) is 60.7 Å². The van der Waals surface area contributed by atoms with Crippen LogP contribution in [0.1, 0.15) is 54.5 Å². The van der Waals surface area contributed by atoms with Crippen molar-refractivity contribution in [1.29, 1.82) is 0 Å². The lowest BCUT2D eigenvalue weighted by atomic mass is 9.87. The average Bonchev–Trinajstić information content (AvgIpc) is 2.85. The second-order valence-electron chi connectivity index (χ2n) is 8.99. The third-order valence-electron chi connectivity index (χ3n) is 6.17. The first-order valence-electron chi connectivity index (χ1n) is 12.3. The number of sulfonamides is 1. The number of fused-ring (bicyclic) bond motifs is 3. The number of halogens is 2. The van der Waals surface area contributed by atoms with Gasteiger partial charge < -0.3 is 14.2 Å². The van der Waals surface area contributed by atoms with Gasteiger partial charge in [-0.15, -0.1) is 0 Å². The van der Waals surface area contributed by atoms with Gasteiger partial charge >= 0.3 is 12.6 Å². The Morgan fingerprint density at radius 1 is 1.05 bits per heavy atom. The highest BCUT2D eigenvalue weighted by atomic mass is 32.2. The number of esters is 1. The van der Waals surface area contributed by atoms with Gasteiger partial charge in [-0.2, -0.15) is 8.78 Å². The Bertz CT molecular complexity index is 1390. The Balaban J connectivity index is 1.62. The Labute approximate surface area is 220 Å². The molecule has 3 aromatic carbocycles. The second-order valence-corrected chi connectivity index (χ2v) is 10.6. The first kappa shape index (κ1) is 27.5. The minimum atomic E-state index is -3.79. The zero-order valence-corrected chi connectivity index (χ0v) is 21.7. The highest BCUT2D eigenvalue weighted by Gasteiger charge is 2.31. The predicted octanol–water partition coefficient (Wildman–Crippen LogP) is 5.50. The Hall–Kier alpha value is -3.50. The largest absolute Gasteiger partial charge is 0.480 e.